The van der Waals surface area contributed by atoms with Crippen molar-refractivity contribution in [2.24, 2.45) is 0 Å². The number of rotatable bonds is 4. The number of hydrogen-bond donors (Lipinski definition) is 0. The molecule has 3 aliphatic rings. The lowest BCUT2D eigenvalue weighted by Crippen LogP contribution is -2.59. The number of halogens is 1. The van der Waals surface area contributed by atoms with Crippen LogP contribution in [0.1, 0.15) is 31.7 Å². The van der Waals surface area contributed by atoms with Gasteiger partial charge in [0.25, 0.3) is 0 Å². The first-order chi connectivity index (χ1) is 14.0. The lowest BCUT2D eigenvalue weighted by molar-refractivity contribution is -0.145. The van der Waals surface area contributed by atoms with Crippen molar-refractivity contribution in [3.63, 3.8) is 0 Å². The molecule has 0 N–H and O–H groups in total. The third-order valence-corrected chi connectivity index (χ3v) is 7.09. The van der Waals surface area contributed by atoms with E-state index in [0.717, 1.165) is 37.9 Å². The first kappa shape index (κ1) is 20.6. The Morgan fingerprint density at radius 2 is 1.59 bits per heavy atom. The molecule has 29 heavy (non-hydrogen) atoms. The summed E-state index contributed by atoms with van der Waals surface area (Å²) in [6.45, 7) is 7.39. The highest BCUT2D eigenvalue weighted by Gasteiger charge is 2.48. The summed E-state index contributed by atoms with van der Waals surface area (Å²) in [5.74, 6) is 0.405. The maximum atomic E-state index is 13.4. The van der Waals surface area contributed by atoms with Gasteiger partial charge in [0.15, 0.2) is 0 Å². The Hall–Kier alpha value is -1.63. The highest BCUT2D eigenvalue weighted by atomic mass is 35.5. The van der Waals surface area contributed by atoms with Crippen LogP contribution in [0.4, 0.5) is 0 Å². The van der Waals surface area contributed by atoms with Crippen LogP contribution in [0.2, 0.25) is 5.02 Å². The summed E-state index contributed by atoms with van der Waals surface area (Å²) in [4.78, 5) is 32.3. The Morgan fingerprint density at radius 3 is 2.14 bits per heavy atom. The van der Waals surface area contributed by atoms with Gasteiger partial charge in [0.2, 0.25) is 11.8 Å². The van der Waals surface area contributed by atoms with Gasteiger partial charge in [-0.3, -0.25) is 14.5 Å². The Labute approximate surface area is 177 Å². The molecule has 0 radical (unpaired) electrons. The SMILES string of the molecule is CC(C(=O)N1CCOCC1)N1CCN(C(=O)C2(c3ccc(Cl)cc3)CCC2)CC1. The Bertz CT molecular complexity index is 736. The minimum Gasteiger partial charge on any atom is -0.378 e. The Morgan fingerprint density at radius 1 is 0.966 bits per heavy atom. The van der Waals surface area contributed by atoms with Crippen molar-refractivity contribution in [3.8, 4) is 0 Å². The van der Waals surface area contributed by atoms with E-state index in [-0.39, 0.29) is 23.3 Å². The molecular formula is C22H30ClN3O3. The van der Waals surface area contributed by atoms with Gasteiger partial charge in [-0.2, -0.15) is 0 Å². The van der Waals surface area contributed by atoms with Crippen LogP contribution in [0, 0.1) is 0 Å². The summed E-state index contributed by atoms with van der Waals surface area (Å²) in [7, 11) is 0. The van der Waals surface area contributed by atoms with Gasteiger partial charge in [-0.1, -0.05) is 30.2 Å². The molecule has 1 aliphatic carbocycles. The number of carbonyl (C=O) groups excluding carboxylic acids is 2. The van der Waals surface area contributed by atoms with E-state index in [9.17, 15) is 9.59 Å². The molecule has 3 fully saturated rings. The topological polar surface area (TPSA) is 53.1 Å². The maximum absolute atomic E-state index is 13.4. The average Bonchev–Trinajstić information content (AvgIpc) is 2.74. The van der Waals surface area contributed by atoms with Gasteiger partial charge in [-0.15, -0.1) is 0 Å². The number of ether oxygens (including phenoxy) is 1. The summed E-state index contributed by atoms with van der Waals surface area (Å²) >= 11 is 6.04. The first-order valence-corrected chi connectivity index (χ1v) is 11.0. The van der Waals surface area contributed by atoms with Gasteiger partial charge in [0.1, 0.15) is 0 Å². The molecule has 1 aromatic rings. The van der Waals surface area contributed by atoms with E-state index >= 15 is 0 Å². The van der Waals surface area contributed by atoms with Gasteiger partial charge in [-0.05, 0) is 37.5 Å². The van der Waals surface area contributed by atoms with Gasteiger partial charge in [0.05, 0.1) is 24.7 Å². The van der Waals surface area contributed by atoms with Crippen molar-refractivity contribution in [2.45, 2.75) is 37.6 Å². The van der Waals surface area contributed by atoms with Crippen LogP contribution in [-0.2, 0) is 19.7 Å². The number of hydrogen-bond acceptors (Lipinski definition) is 4. The summed E-state index contributed by atoms with van der Waals surface area (Å²) in [6, 6.07) is 7.60. The highest BCUT2D eigenvalue weighted by molar-refractivity contribution is 6.30. The maximum Gasteiger partial charge on any atom is 0.239 e. The normalized spacial score (nSPS) is 23.4. The third kappa shape index (κ3) is 4.03. The number of carbonyl (C=O) groups is 2. The van der Waals surface area contributed by atoms with Crippen LogP contribution in [0.15, 0.2) is 24.3 Å². The molecule has 1 aromatic carbocycles. The standard InChI is InChI=1S/C22H30ClN3O3/c1-17(20(27)25-13-15-29-16-14-25)24-9-11-26(12-10-24)21(28)22(7-2-8-22)18-3-5-19(23)6-4-18/h3-6,17H,2,7-16H2,1H3. The molecule has 0 bridgehead atoms. The Kier molecular flexibility index (Phi) is 6.13. The van der Waals surface area contributed by atoms with Crippen molar-refractivity contribution in [3.05, 3.63) is 34.9 Å². The summed E-state index contributed by atoms with van der Waals surface area (Å²) < 4.78 is 5.35. The second kappa shape index (κ2) is 8.62. The molecule has 2 heterocycles. The van der Waals surface area contributed by atoms with E-state index in [1.54, 1.807) is 0 Å². The van der Waals surface area contributed by atoms with E-state index < -0.39 is 0 Å². The first-order valence-electron chi connectivity index (χ1n) is 10.7. The van der Waals surface area contributed by atoms with Crippen LogP contribution < -0.4 is 0 Å². The predicted molar refractivity (Wildman–Crippen MR) is 112 cm³/mol. The van der Waals surface area contributed by atoms with E-state index in [1.807, 2.05) is 41.0 Å². The summed E-state index contributed by atoms with van der Waals surface area (Å²) in [6.07, 6.45) is 2.89. The quantitative estimate of drug-likeness (QED) is 0.750. The fourth-order valence-electron chi connectivity index (χ4n) is 4.74. The average molecular weight is 420 g/mol. The van der Waals surface area contributed by atoms with Crippen molar-refractivity contribution in [1.29, 1.82) is 0 Å². The zero-order valence-corrected chi connectivity index (χ0v) is 17.9. The molecular weight excluding hydrogens is 390 g/mol. The predicted octanol–water partition coefficient (Wildman–Crippen LogP) is 2.15. The van der Waals surface area contributed by atoms with Crippen LogP contribution in [0.5, 0.6) is 0 Å². The molecule has 158 valence electrons. The van der Waals surface area contributed by atoms with Gasteiger partial charge in [-0.25, -0.2) is 0 Å². The fourth-order valence-corrected chi connectivity index (χ4v) is 4.87. The van der Waals surface area contributed by atoms with Crippen LogP contribution >= 0.6 is 11.6 Å². The molecule has 7 heteroatoms. The molecule has 1 unspecified atom stereocenters. The molecule has 2 amide bonds. The molecule has 0 spiro atoms. The molecule has 1 saturated carbocycles. The monoisotopic (exact) mass is 419 g/mol. The lowest BCUT2D eigenvalue weighted by Gasteiger charge is -2.47. The smallest absolute Gasteiger partial charge is 0.239 e. The molecule has 1 atom stereocenters. The summed E-state index contributed by atoms with van der Waals surface area (Å²) in [5, 5.41) is 0.697. The van der Waals surface area contributed by atoms with Crippen molar-refractivity contribution < 1.29 is 14.3 Å². The molecule has 2 saturated heterocycles. The van der Waals surface area contributed by atoms with E-state index in [1.165, 1.54) is 0 Å². The fraction of sp³-hybridized carbons (Fsp3) is 0.636. The van der Waals surface area contributed by atoms with Crippen LogP contribution in [0.25, 0.3) is 0 Å². The number of nitrogens with zero attached hydrogens (tertiary/aromatic N) is 3. The van der Waals surface area contributed by atoms with E-state index in [0.29, 0.717) is 44.4 Å². The van der Waals surface area contributed by atoms with Crippen LogP contribution in [-0.4, -0.2) is 85.0 Å². The second-order valence-electron chi connectivity index (χ2n) is 8.38. The molecule has 4 rings (SSSR count). The van der Waals surface area contributed by atoms with E-state index in [4.69, 9.17) is 16.3 Å². The molecule has 0 aromatic heterocycles. The largest absolute Gasteiger partial charge is 0.378 e. The van der Waals surface area contributed by atoms with E-state index in [2.05, 4.69) is 4.90 Å². The molecule has 6 nitrogen and oxygen atoms in total. The van der Waals surface area contributed by atoms with Gasteiger partial charge >= 0.3 is 0 Å². The van der Waals surface area contributed by atoms with Crippen molar-refractivity contribution in [2.75, 3.05) is 52.5 Å². The van der Waals surface area contributed by atoms with Crippen molar-refractivity contribution >= 4 is 23.4 Å². The van der Waals surface area contributed by atoms with Gasteiger partial charge < -0.3 is 14.5 Å². The second-order valence-corrected chi connectivity index (χ2v) is 8.82. The Balaban J connectivity index is 1.36. The number of morpholine rings is 1. The minimum absolute atomic E-state index is 0.153. The van der Waals surface area contributed by atoms with Crippen LogP contribution in [0.3, 0.4) is 0 Å². The minimum atomic E-state index is -0.387. The number of piperazine rings is 1. The van der Waals surface area contributed by atoms with Gasteiger partial charge in [0, 0.05) is 44.3 Å². The lowest BCUT2D eigenvalue weighted by atomic mass is 9.63. The van der Waals surface area contributed by atoms with Crippen molar-refractivity contribution in [1.82, 2.24) is 14.7 Å². The number of benzene rings is 1. The third-order valence-electron chi connectivity index (χ3n) is 6.84. The highest BCUT2D eigenvalue weighted by Crippen LogP contribution is 2.45. The number of amides is 2. The summed E-state index contributed by atoms with van der Waals surface area (Å²) in [5.41, 5.74) is 0.693. The zero-order valence-electron chi connectivity index (χ0n) is 17.1. The zero-order chi connectivity index (χ0) is 20.4. The molecule has 2 aliphatic heterocycles.